The van der Waals surface area contributed by atoms with Gasteiger partial charge in [-0.25, -0.2) is 0 Å². The quantitative estimate of drug-likeness (QED) is 0.748. The van der Waals surface area contributed by atoms with Gasteiger partial charge in [-0.05, 0) is 61.0 Å². The first-order valence-electron chi connectivity index (χ1n) is 9.02. The zero-order valence-electron chi connectivity index (χ0n) is 13.6. The van der Waals surface area contributed by atoms with E-state index in [4.69, 9.17) is 4.74 Å². The van der Waals surface area contributed by atoms with E-state index in [1.165, 1.54) is 17.5 Å². The van der Waals surface area contributed by atoms with Crippen molar-refractivity contribution >= 4 is 5.97 Å². The Labute approximate surface area is 137 Å². The number of carbonyl (C=O) groups is 1. The minimum Gasteiger partial charge on any atom is -0.459 e. The van der Waals surface area contributed by atoms with Crippen LogP contribution in [0, 0.1) is 17.3 Å². The second-order valence-electron chi connectivity index (χ2n) is 8.39. The van der Waals surface area contributed by atoms with Crippen LogP contribution < -0.4 is 0 Å². The van der Waals surface area contributed by atoms with Crippen molar-refractivity contribution in [1.82, 2.24) is 0 Å². The highest BCUT2D eigenvalue weighted by atomic mass is 16.6. The number of aliphatic hydroxyl groups is 1. The third-order valence-electron chi connectivity index (χ3n) is 7.71. The second kappa shape index (κ2) is 4.38. The molecule has 1 aliphatic heterocycles. The molecule has 23 heavy (non-hydrogen) atoms. The molecule has 0 bridgehead atoms. The van der Waals surface area contributed by atoms with Crippen LogP contribution in [-0.4, -0.2) is 22.8 Å². The lowest BCUT2D eigenvalue weighted by molar-refractivity contribution is -0.142. The lowest BCUT2D eigenvalue weighted by Gasteiger charge is -2.52. The summed E-state index contributed by atoms with van der Waals surface area (Å²) in [4.78, 5) is 11.7. The maximum atomic E-state index is 11.7. The molecule has 0 radical (unpaired) electrons. The lowest BCUT2D eigenvalue weighted by Crippen LogP contribution is -2.52. The maximum Gasteiger partial charge on any atom is 0.309 e. The first-order valence-corrected chi connectivity index (χ1v) is 9.02. The highest BCUT2D eigenvalue weighted by Gasteiger charge is 2.69. The smallest absolute Gasteiger partial charge is 0.309 e. The van der Waals surface area contributed by atoms with E-state index in [9.17, 15) is 9.90 Å². The van der Waals surface area contributed by atoms with Crippen molar-refractivity contribution in [2.24, 2.45) is 17.3 Å². The summed E-state index contributed by atoms with van der Waals surface area (Å²) in [5.74, 6) is 1.50. The number of aryl methyl sites for hydroxylation is 1. The zero-order chi connectivity index (χ0) is 15.8. The van der Waals surface area contributed by atoms with Crippen molar-refractivity contribution in [1.29, 1.82) is 0 Å². The van der Waals surface area contributed by atoms with Gasteiger partial charge in [-0.1, -0.05) is 31.2 Å². The van der Waals surface area contributed by atoms with Gasteiger partial charge in [-0.15, -0.1) is 0 Å². The van der Waals surface area contributed by atoms with Gasteiger partial charge in [0, 0.05) is 5.41 Å². The Morgan fingerprint density at radius 2 is 2.09 bits per heavy atom. The van der Waals surface area contributed by atoms with E-state index >= 15 is 0 Å². The lowest BCUT2D eigenvalue weighted by atomic mass is 9.53. The Balaban J connectivity index is 1.54. The van der Waals surface area contributed by atoms with Crippen LogP contribution in [0.5, 0.6) is 0 Å². The fraction of sp³-hybridized carbons (Fsp3) is 0.650. The fourth-order valence-electron chi connectivity index (χ4n) is 6.49. The maximum absolute atomic E-state index is 11.7. The van der Waals surface area contributed by atoms with Gasteiger partial charge in [0.15, 0.2) is 0 Å². The molecular weight excluding hydrogens is 288 g/mol. The number of esters is 1. The van der Waals surface area contributed by atoms with Crippen LogP contribution in [-0.2, 0) is 16.0 Å². The van der Waals surface area contributed by atoms with Crippen LogP contribution in [0.2, 0.25) is 0 Å². The fourth-order valence-corrected chi connectivity index (χ4v) is 6.49. The Morgan fingerprint density at radius 1 is 1.26 bits per heavy atom. The predicted molar refractivity (Wildman–Crippen MR) is 85.9 cm³/mol. The normalized spacial score (nSPS) is 47.3. The molecule has 3 heteroatoms. The molecule has 4 aliphatic rings. The van der Waals surface area contributed by atoms with E-state index in [2.05, 4.69) is 31.2 Å². The summed E-state index contributed by atoms with van der Waals surface area (Å²) >= 11 is 0. The molecule has 1 aromatic carbocycles. The molecule has 1 N–H and O–H groups in total. The Kier molecular flexibility index (Phi) is 2.67. The molecule has 122 valence electrons. The van der Waals surface area contributed by atoms with Gasteiger partial charge in [0.25, 0.3) is 0 Å². The molecule has 0 aromatic heterocycles. The number of benzene rings is 1. The van der Waals surface area contributed by atoms with Gasteiger partial charge < -0.3 is 9.84 Å². The molecule has 1 aromatic rings. The van der Waals surface area contributed by atoms with Gasteiger partial charge in [-0.3, -0.25) is 4.79 Å². The van der Waals surface area contributed by atoms with Crippen molar-refractivity contribution in [2.45, 2.75) is 63.1 Å². The summed E-state index contributed by atoms with van der Waals surface area (Å²) in [5.41, 5.74) is 1.95. The first-order chi connectivity index (χ1) is 11.0. The summed E-state index contributed by atoms with van der Waals surface area (Å²) in [5, 5.41) is 11.3. The predicted octanol–water partition coefficient (Wildman–Crippen LogP) is 3.20. The van der Waals surface area contributed by atoms with E-state index in [1.54, 1.807) is 0 Å². The van der Waals surface area contributed by atoms with E-state index in [-0.39, 0.29) is 23.9 Å². The number of fused-ring (bicyclic) bond motifs is 7. The molecule has 2 saturated carbocycles. The molecule has 5 rings (SSSR count). The van der Waals surface area contributed by atoms with Gasteiger partial charge in [0.1, 0.15) is 11.7 Å². The Hall–Kier alpha value is -1.35. The highest BCUT2D eigenvalue weighted by molar-refractivity contribution is 5.74. The summed E-state index contributed by atoms with van der Waals surface area (Å²) in [7, 11) is 0. The van der Waals surface area contributed by atoms with Gasteiger partial charge >= 0.3 is 5.97 Å². The van der Waals surface area contributed by atoms with Crippen molar-refractivity contribution in [3.63, 3.8) is 0 Å². The van der Waals surface area contributed by atoms with Crippen molar-refractivity contribution in [3.8, 4) is 0 Å². The molecule has 3 fully saturated rings. The van der Waals surface area contributed by atoms with Gasteiger partial charge in [0.2, 0.25) is 0 Å². The third kappa shape index (κ3) is 1.62. The van der Waals surface area contributed by atoms with E-state index in [0.29, 0.717) is 17.8 Å². The third-order valence-corrected chi connectivity index (χ3v) is 7.71. The number of rotatable bonds is 0. The summed E-state index contributed by atoms with van der Waals surface area (Å²) in [6, 6.07) is 8.89. The zero-order valence-corrected chi connectivity index (χ0v) is 13.6. The van der Waals surface area contributed by atoms with E-state index in [1.807, 2.05) is 0 Å². The molecule has 1 saturated heterocycles. The molecule has 3 aliphatic carbocycles. The molecule has 3 nitrogen and oxygen atoms in total. The van der Waals surface area contributed by atoms with Crippen molar-refractivity contribution in [3.05, 3.63) is 35.4 Å². The Morgan fingerprint density at radius 3 is 2.96 bits per heavy atom. The number of hydrogen-bond donors (Lipinski definition) is 1. The molecule has 0 amide bonds. The minimum atomic E-state index is -0.934. The van der Waals surface area contributed by atoms with Crippen LogP contribution in [0.15, 0.2) is 24.3 Å². The molecule has 1 unspecified atom stereocenters. The Bertz CT molecular complexity index is 683. The monoisotopic (exact) mass is 312 g/mol. The summed E-state index contributed by atoms with van der Waals surface area (Å²) < 4.78 is 5.51. The first kappa shape index (κ1) is 14.0. The summed E-state index contributed by atoms with van der Waals surface area (Å²) in [6.45, 7) is 2.22. The number of ether oxygens (including phenoxy) is 1. The summed E-state index contributed by atoms with van der Waals surface area (Å²) in [6.07, 6.45) is 5.24. The second-order valence-corrected chi connectivity index (χ2v) is 8.39. The average molecular weight is 312 g/mol. The van der Waals surface area contributed by atoms with Gasteiger partial charge in [-0.2, -0.15) is 0 Å². The highest BCUT2D eigenvalue weighted by Crippen LogP contribution is 2.66. The van der Waals surface area contributed by atoms with Crippen molar-refractivity contribution < 1.29 is 14.6 Å². The standard InChI is InChI=1S/C20H24O3/c1-19-9-8-14-13-5-3-2-4-12(13)6-7-15(14)16(19)10-17-20(19,22)11-18(21)23-17/h2-5,14-17,22H,6-11H2,1H3/t14-,15-,16+,17?,19+,20-/m1/s1. The number of carbonyl (C=O) groups excluding carboxylic acids is 1. The average Bonchev–Trinajstić information content (AvgIpc) is 2.95. The molecule has 6 atom stereocenters. The molecule has 1 heterocycles. The van der Waals surface area contributed by atoms with Crippen molar-refractivity contribution in [2.75, 3.05) is 0 Å². The molecule has 0 spiro atoms. The van der Waals surface area contributed by atoms with E-state index in [0.717, 1.165) is 25.7 Å². The van der Waals surface area contributed by atoms with Crippen LogP contribution in [0.4, 0.5) is 0 Å². The number of hydrogen-bond acceptors (Lipinski definition) is 3. The van der Waals surface area contributed by atoms with Crippen LogP contribution in [0.3, 0.4) is 0 Å². The molecular formula is C20H24O3. The van der Waals surface area contributed by atoms with E-state index < -0.39 is 5.60 Å². The minimum absolute atomic E-state index is 0.169. The van der Waals surface area contributed by atoms with Gasteiger partial charge in [0.05, 0.1) is 6.42 Å². The van der Waals surface area contributed by atoms with Crippen LogP contribution in [0.1, 0.15) is 56.1 Å². The largest absolute Gasteiger partial charge is 0.459 e. The van der Waals surface area contributed by atoms with Crippen LogP contribution >= 0.6 is 0 Å². The SMILES string of the molecule is C[C@]12CC[C@@H]3c4ccccc4CC[C@H]3[C@@H]1CC1OC(=O)C[C@@]12O. The topological polar surface area (TPSA) is 46.5 Å². The van der Waals surface area contributed by atoms with Crippen LogP contribution in [0.25, 0.3) is 0 Å².